The van der Waals surface area contributed by atoms with Crippen LogP contribution >= 0.6 is 11.6 Å². The lowest BCUT2D eigenvalue weighted by molar-refractivity contribution is -0.148. The van der Waals surface area contributed by atoms with Crippen molar-refractivity contribution in [2.24, 2.45) is 11.7 Å². The van der Waals surface area contributed by atoms with Crippen LogP contribution < -0.4 is 15.9 Å². The third-order valence-corrected chi connectivity index (χ3v) is 5.88. The maximum atomic E-state index is 13.2. The number of primary amides is 1. The second-order valence-corrected chi connectivity index (χ2v) is 8.66. The highest BCUT2D eigenvalue weighted by atomic mass is 35.5. The summed E-state index contributed by atoms with van der Waals surface area (Å²) in [6.45, 7) is 4.96. The molecule has 0 radical (unpaired) electrons. The van der Waals surface area contributed by atoms with E-state index in [0.717, 1.165) is 17.7 Å². The van der Waals surface area contributed by atoms with Gasteiger partial charge in [0, 0.05) is 16.7 Å². The first-order valence-electron chi connectivity index (χ1n) is 10.5. The summed E-state index contributed by atoms with van der Waals surface area (Å²) in [5.41, 5.74) is 6.58. The number of benzene rings is 1. The summed E-state index contributed by atoms with van der Waals surface area (Å²) >= 11 is 5.86. The van der Waals surface area contributed by atoms with Gasteiger partial charge in [-0.2, -0.15) is 13.2 Å². The number of nitrogens with two attached hydrogens (primary N) is 1. The van der Waals surface area contributed by atoms with Crippen molar-refractivity contribution < 1.29 is 27.1 Å². The zero-order valence-electron chi connectivity index (χ0n) is 18.9. The van der Waals surface area contributed by atoms with Gasteiger partial charge in [-0.25, -0.2) is 4.98 Å². The number of aromatic nitrogens is 1. The molecule has 2 heterocycles. The summed E-state index contributed by atoms with van der Waals surface area (Å²) in [4.78, 5) is 28.9. The number of alkyl halides is 3. The molecule has 0 fully saturated rings. The minimum atomic E-state index is -4.45. The summed E-state index contributed by atoms with van der Waals surface area (Å²) in [6.07, 6.45) is -1.88. The van der Waals surface area contributed by atoms with E-state index in [4.69, 9.17) is 26.5 Å². The van der Waals surface area contributed by atoms with E-state index < -0.39 is 24.1 Å². The van der Waals surface area contributed by atoms with Crippen molar-refractivity contribution in [3.05, 3.63) is 86.0 Å². The maximum absolute atomic E-state index is 13.2. The molecule has 0 spiro atoms. The Kier molecular flexibility index (Phi) is 6.23. The van der Waals surface area contributed by atoms with Crippen LogP contribution in [-0.4, -0.2) is 17.1 Å². The molecule has 0 saturated heterocycles. The first-order valence-corrected chi connectivity index (χ1v) is 10.9. The fourth-order valence-corrected chi connectivity index (χ4v) is 4.11. The molecule has 0 saturated carbocycles. The van der Waals surface area contributed by atoms with Crippen LogP contribution in [-0.2, 0) is 0 Å². The molecule has 4 rings (SSSR count). The Morgan fingerprint density at radius 2 is 1.97 bits per heavy atom. The lowest BCUT2D eigenvalue weighted by atomic mass is 10.00. The SMILES string of the molecule is Cc1cc([C@@H](C)Oc2ccc(Cl)nc2C(N)=O)c2oc(C3=CC(C(F)(F)F)C=C3)c(C)c(=O)c2c1. The van der Waals surface area contributed by atoms with Crippen molar-refractivity contribution in [2.45, 2.75) is 33.1 Å². The van der Waals surface area contributed by atoms with Crippen molar-refractivity contribution in [3.8, 4) is 5.75 Å². The van der Waals surface area contributed by atoms with E-state index in [1.165, 1.54) is 25.1 Å². The number of allylic oxidation sites excluding steroid dienone is 4. The number of rotatable bonds is 5. The fourth-order valence-electron chi connectivity index (χ4n) is 3.96. The van der Waals surface area contributed by atoms with Crippen LogP contribution in [0.15, 0.2) is 51.7 Å². The zero-order valence-corrected chi connectivity index (χ0v) is 19.6. The number of nitrogens with zero attached hydrogens (tertiary/aromatic N) is 1. The molecule has 2 aromatic heterocycles. The molecule has 35 heavy (non-hydrogen) atoms. The van der Waals surface area contributed by atoms with Gasteiger partial charge in [0.25, 0.3) is 5.91 Å². The number of hydrogen-bond donors (Lipinski definition) is 1. The van der Waals surface area contributed by atoms with Gasteiger partial charge in [-0.3, -0.25) is 9.59 Å². The highest BCUT2D eigenvalue weighted by molar-refractivity contribution is 6.29. The second-order valence-electron chi connectivity index (χ2n) is 8.27. The molecule has 0 aliphatic heterocycles. The summed E-state index contributed by atoms with van der Waals surface area (Å²) in [6, 6.07) is 6.26. The second kappa shape index (κ2) is 8.88. The Balaban J connectivity index is 1.85. The molecule has 1 amide bonds. The first-order chi connectivity index (χ1) is 16.4. The van der Waals surface area contributed by atoms with Gasteiger partial charge in [0.15, 0.2) is 16.9 Å². The van der Waals surface area contributed by atoms with Crippen molar-refractivity contribution in [2.75, 3.05) is 0 Å². The Hall–Kier alpha value is -3.59. The number of hydrogen-bond acceptors (Lipinski definition) is 5. The Labute approximate surface area is 202 Å². The van der Waals surface area contributed by atoms with Crippen LogP contribution in [0.4, 0.5) is 13.2 Å². The topological polar surface area (TPSA) is 95.4 Å². The van der Waals surface area contributed by atoms with Gasteiger partial charge in [-0.1, -0.05) is 29.8 Å². The van der Waals surface area contributed by atoms with Crippen molar-refractivity contribution >= 4 is 34.1 Å². The number of aryl methyl sites for hydroxylation is 1. The van der Waals surface area contributed by atoms with E-state index in [1.54, 1.807) is 26.0 Å². The Morgan fingerprint density at radius 1 is 1.26 bits per heavy atom. The summed E-state index contributed by atoms with van der Waals surface area (Å²) < 4.78 is 51.5. The molecule has 0 bridgehead atoms. The van der Waals surface area contributed by atoms with Gasteiger partial charge in [0.2, 0.25) is 0 Å². The minimum absolute atomic E-state index is 0.0498. The average Bonchev–Trinajstić information content (AvgIpc) is 3.27. The molecule has 182 valence electrons. The minimum Gasteiger partial charge on any atom is -0.483 e. The number of ether oxygens (including phenoxy) is 1. The molecule has 3 aromatic rings. The predicted octanol–water partition coefficient (Wildman–Crippen LogP) is 5.83. The summed E-state index contributed by atoms with van der Waals surface area (Å²) in [7, 11) is 0. The lowest BCUT2D eigenvalue weighted by Crippen LogP contribution is -2.17. The van der Waals surface area contributed by atoms with Crippen LogP contribution in [0.2, 0.25) is 5.15 Å². The van der Waals surface area contributed by atoms with E-state index in [-0.39, 0.29) is 49.9 Å². The molecule has 6 nitrogen and oxygen atoms in total. The van der Waals surface area contributed by atoms with Gasteiger partial charge in [-0.05, 0) is 50.6 Å². The summed E-state index contributed by atoms with van der Waals surface area (Å²) in [5.74, 6) is -2.48. The normalized spacial score (nSPS) is 16.4. The van der Waals surface area contributed by atoms with Gasteiger partial charge in [0.05, 0.1) is 11.3 Å². The highest BCUT2D eigenvalue weighted by Gasteiger charge is 2.38. The van der Waals surface area contributed by atoms with Crippen molar-refractivity contribution in [3.63, 3.8) is 0 Å². The van der Waals surface area contributed by atoms with Crippen molar-refractivity contribution in [1.29, 1.82) is 0 Å². The smallest absolute Gasteiger partial charge is 0.398 e. The molecule has 1 aromatic carbocycles. The average molecular weight is 505 g/mol. The van der Waals surface area contributed by atoms with Crippen LogP contribution in [0.5, 0.6) is 5.75 Å². The Bertz CT molecular complexity index is 1470. The molecule has 1 unspecified atom stereocenters. The number of pyridine rings is 1. The molecule has 2 atom stereocenters. The third-order valence-electron chi connectivity index (χ3n) is 5.67. The van der Waals surface area contributed by atoms with Gasteiger partial charge in [-0.15, -0.1) is 0 Å². The highest BCUT2D eigenvalue weighted by Crippen LogP contribution is 2.38. The molecular formula is C25H20ClF3N2O4. The van der Waals surface area contributed by atoms with Crippen molar-refractivity contribution in [1.82, 2.24) is 4.98 Å². The maximum Gasteiger partial charge on any atom is 0.398 e. The van der Waals surface area contributed by atoms with Gasteiger partial charge < -0.3 is 14.9 Å². The van der Waals surface area contributed by atoms with Crippen LogP contribution in [0, 0.1) is 19.8 Å². The molecular weight excluding hydrogens is 485 g/mol. The van der Waals surface area contributed by atoms with Gasteiger partial charge in [0.1, 0.15) is 22.6 Å². The standard InChI is InChI=1S/C25H20ClF3N2O4/c1-11-8-16(13(3)34-18-6-7-19(26)31-20(18)24(30)33)23-17(9-11)21(32)12(2)22(35-23)14-4-5-15(10-14)25(27,28)29/h4-10,13,15H,1-3H3,(H2,30,33)/t13-,15?/m1/s1. The van der Waals surface area contributed by atoms with Gasteiger partial charge >= 0.3 is 6.18 Å². The summed E-state index contributed by atoms with van der Waals surface area (Å²) in [5, 5.41) is 0.317. The fraction of sp³-hybridized carbons (Fsp3) is 0.240. The molecule has 2 N–H and O–H groups in total. The molecule has 1 aliphatic rings. The predicted molar refractivity (Wildman–Crippen MR) is 125 cm³/mol. The third kappa shape index (κ3) is 4.68. The van der Waals surface area contributed by atoms with E-state index in [1.807, 2.05) is 0 Å². The molecule has 10 heteroatoms. The molecule has 1 aliphatic carbocycles. The number of carbonyl (C=O) groups excluding carboxylic acids is 1. The lowest BCUT2D eigenvalue weighted by Gasteiger charge is -2.19. The van der Waals surface area contributed by atoms with Crippen LogP contribution in [0.3, 0.4) is 0 Å². The largest absolute Gasteiger partial charge is 0.483 e. The number of fused-ring (bicyclic) bond motifs is 1. The number of amides is 1. The monoisotopic (exact) mass is 504 g/mol. The zero-order chi connectivity index (χ0) is 25.7. The van der Waals surface area contributed by atoms with E-state index in [9.17, 15) is 22.8 Å². The first kappa shape index (κ1) is 24.5. The van der Waals surface area contributed by atoms with Crippen LogP contribution in [0.25, 0.3) is 16.5 Å². The van der Waals surface area contributed by atoms with Crippen LogP contribution in [0.1, 0.15) is 46.0 Å². The van der Waals surface area contributed by atoms with E-state index in [0.29, 0.717) is 5.56 Å². The number of carbonyl (C=O) groups is 1. The number of halogens is 4. The Morgan fingerprint density at radius 3 is 2.60 bits per heavy atom. The quantitative estimate of drug-likeness (QED) is 0.441. The van der Waals surface area contributed by atoms with E-state index in [2.05, 4.69) is 4.98 Å². The van der Waals surface area contributed by atoms with E-state index >= 15 is 0 Å².